The molecule has 0 atom stereocenters. The van der Waals surface area contributed by atoms with Crippen LogP contribution in [-0.2, 0) is 21.5 Å². The van der Waals surface area contributed by atoms with Crippen LogP contribution in [0.3, 0.4) is 0 Å². The van der Waals surface area contributed by atoms with Crippen LogP contribution in [0, 0.1) is 6.92 Å². The van der Waals surface area contributed by atoms with Crippen molar-refractivity contribution in [1.82, 2.24) is 20.4 Å². The lowest BCUT2D eigenvalue weighted by Crippen LogP contribution is -2.54. The summed E-state index contributed by atoms with van der Waals surface area (Å²) in [5, 5.41) is 9.85. The molecule has 3 rings (SSSR count). The van der Waals surface area contributed by atoms with Gasteiger partial charge in [0.05, 0.1) is 11.2 Å². The van der Waals surface area contributed by atoms with Crippen molar-refractivity contribution >= 4 is 28.2 Å². The molecule has 2 heterocycles. The number of nitrogens with zero attached hydrogens (tertiary/aromatic N) is 3. The molecule has 0 unspecified atom stereocenters. The van der Waals surface area contributed by atoms with Crippen LogP contribution in [0.5, 0.6) is 0 Å². The maximum absolute atomic E-state index is 12.2. The highest BCUT2D eigenvalue weighted by Gasteiger charge is 2.45. The predicted octanol–water partition coefficient (Wildman–Crippen LogP) is 1.53. The molecule has 0 spiro atoms. The number of carbonyl (C=O) groups is 2. The fraction of sp³-hybridized carbons (Fsp3) is 0.500. The number of amides is 2. The van der Waals surface area contributed by atoms with E-state index < -0.39 is 17.4 Å². The summed E-state index contributed by atoms with van der Waals surface area (Å²) in [4.78, 5) is 32.7. The van der Waals surface area contributed by atoms with Gasteiger partial charge in [-0.15, -0.1) is 11.3 Å². The van der Waals surface area contributed by atoms with Gasteiger partial charge in [0.25, 0.3) is 0 Å². The molecule has 1 fully saturated rings. The third kappa shape index (κ3) is 2.96. The van der Waals surface area contributed by atoms with Crippen molar-refractivity contribution in [3.05, 3.63) is 22.9 Å². The number of nitrogens with one attached hydrogen (secondary N) is 2. The number of hydrogen-bond acceptors (Lipinski definition) is 7. The Kier molecular flexibility index (Phi) is 4.12. The Morgan fingerprint density at radius 2 is 2.17 bits per heavy atom. The molecule has 9 heteroatoms. The summed E-state index contributed by atoms with van der Waals surface area (Å²) in [5.74, 6) is -0.560. The van der Waals surface area contributed by atoms with Crippen LogP contribution in [0.15, 0.2) is 10.0 Å². The fourth-order valence-electron chi connectivity index (χ4n) is 2.49. The zero-order valence-electron chi connectivity index (χ0n) is 12.9. The van der Waals surface area contributed by atoms with E-state index in [1.807, 2.05) is 6.92 Å². The Morgan fingerprint density at radius 3 is 2.74 bits per heavy atom. The molecule has 1 aliphatic rings. The first kappa shape index (κ1) is 15.6. The SMILES string of the molecule is CCc1ncsc1NC(=O)C(=O)NC1(c2noc(C)n2)CCC1. The minimum absolute atomic E-state index is 0.425. The highest BCUT2D eigenvalue weighted by molar-refractivity contribution is 7.14. The summed E-state index contributed by atoms with van der Waals surface area (Å²) in [6, 6.07) is 0. The van der Waals surface area contributed by atoms with Gasteiger partial charge in [0.15, 0.2) is 5.82 Å². The predicted molar refractivity (Wildman–Crippen MR) is 82.8 cm³/mol. The Bertz CT molecular complexity index is 734. The fourth-order valence-corrected chi connectivity index (χ4v) is 3.26. The standard InChI is InChI=1S/C14H17N5O3S/c1-3-9-12(23-7-15-9)17-10(20)11(21)18-14(5-4-6-14)13-16-8(2)22-19-13/h7H,3-6H2,1-2H3,(H,17,20)(H,18,21). The second-order valence-electron chi connectivity index (χ2n) is 5.46. The van der Waals surface area contributed by atoms with Crippen molar-refractivity contribution in [3.63, 3.8) is 0 Å². The first-order valence-electron chi connectivity index (χ1n) is 7.41. The zero-order valence-corrected chi connectivity index (χ0v) is 13.7. The summed E-state index contributed by atoms with van der Waals surface area (Å²) in [5.41, 5.74) is 1.71. The van der Waals surface area contributed by atoms with E-state index in [0.717, 1.165) is 12.1 Å². The van der Waals surface area contributed by atoms with Gasteiger partial charge >= 0.3 is 11.8 Å². The maximum atomic E-state index is 12.2. The average molecular weight is 335 g/mol. The minimum Gasteiger partial charge on any atom is -0.340 e. The van der Waals surface area contributed by atoms with Crippen molar-refractivity contribution in [2.75, 3.05) is 5.32 Å². The third-order valence-corrected chi connectivity index (χ3v) is 4.71. The monoisotopic (exact) mass is 335 g/mol. The van der Waals surface area contributed by atoms with Crippen molar-refractivity contribution in [1.29, 1.82) is 0 Å². The lowest BCUT2D eigenvalue weighted by atomic mass is 9.76. The van der Waals surface area contributed by atoms with Crippen LogP contribution in [0.25, 0.3) is 0 Å². The Hall–Kier alpha value is -2.29. The zero-order chi connectivity index (χ0) is 16.4. The number of aryl methyl sites for hydroxylation is 2. The molecular formula is C14H17N5O3S. The second-order valence-corrected chi connectivity index (χ2v) is 6.32. The molecule has 0 aromatic carbocycles. The highest BCUT2D eigenvalue weighted by Crippen LogP contribution is 2.39. The van der Waals surface area contributed by atoms with E-state index in [0.29, 0.717) is 36.0 Å². The lowest BCUT2D eigenvalue weighted by Gasteiger charge is -2.39. The van der Waals surface area contributed by atoms with Crippen LogP contribution >= 0.6 is 11.3 Å². The highest BCUT2D eigenvalue weighted by atomic mass is 32.1. The molecule has 2 amide bonds. The van der Waals surface area contributed by atoms with Crippen LogP contribution in [0.1, 0.15) is 43.6 Å². The van der Waals surface area contributed by atoms with Gasteiger partial charge in [0, 0.05) is 6.92 Å². The van der Waals surface area contributed by atoms with Crippen molar-refractivity contribution < 1.29 is 14.1 Å². The minimum atomic E-state index is -0.713. The topological polar surface area (TPSA) is 110 Å². The number of anilines is 1. The molecule has 1 aliphatic carbocycles. The third-order valence-electron chi connectivity index (χ3n) is 3.92. The molecule has 0 saturated heterocycles. The van der Waals surface area contributed by atoms with E-state index in [-0.39, 0.29) is 0 Å². The van der Waals surface area contributed by atoms with Crippen LogP contribution in [0.2, 0.25) is 0 Å². The average Bonchev–Trinajstić information content (AvgIpc) is 3.11. The van der Waals surface area contributed by atoms with Gasteiger partial charge in [-0.05, 0) is 25.7 Å². The lowest BCUT2D eigenvalue weighted by molar-refractivity contribution is -0.138. The summed E-state index contributed by atoms with van der Waals surface area (Å²) >= 11 is 1.29. The van der Waals surface area contributed by atoms with E-state index in [9.17, 15) is 9.59 Å². The van der Waals surface area contributed by atoms with E-state index in [1.54, 1.807) is 12.4 Å². The van der Waals surface area contributed by atoms with Gasteiger partial charge in [0.2, 0.25) is 5.89 Å². The quantitative estimate of drug-likeness (QED) is 0.820. The van der Waals surface area contributed by atoms with Gasteiger partial charge in [-0.3, -0.25) is 9.59 Å². The van der Waals surface area contributed by atoms with Crippen LogP contribution < -0.4 is 10.6 Å². The largest absolute Gasteiger partial charge is 0.340 e. The van der Waals surface area contributed by atoms with E-state index in [2.05, 4.69) is 25.8 Å². The number of thiazole rings is 1. The normalized spacial score (nSPS) is 15.7. The number of hydrogen-bond donors (Lipinski definition) is 2. The van der Waals surface area contributed by atoms with Crippen molar-refractivity contribution in [2.24, 2.45) is 0 Å². The summed E-state index contributed by atoms with van der Waals surface area (Å²) in [6.45, 7) is 3.63. The number of carbonyl (C=O) groups excluding carboxylic acids is 2. The van der Waals surface area contributed by atoms with E-state index in [1.165, 1.54) is 11.3 Å². The van der Waals surface area contributed by atoms with Gasteiger partial charge in [-0.1, -0.05) is 12.1 Å². The van der Waals surface area contributed by atoms with Gasteiger partial charge in [0.1, 0.15) is 10.5 Å². The molecule has 122 valence electrons. The molecule has 2 aromatic heterocycles. The second kappa shape index (κ2) is 6.07. The first-order valence-corrected chi connectivity index (χ1v) is 8.28. The summed E-state index contributed by atoms with van der Waals surface area (Å²) < 4.78 is 4.98. The molecule has 1 saturated carbocycles. The number of rotatable bonds is 4. The molecule has 0 aliphatic heterocycles. The maximum Gasteiger partial charge on any atom is 0.314 e. The van der Waals surface area contributed by atoms with Crippen LogP contribution in [0.4, 0.5) is 5.00 Å². The van der Waals surface area contributed by atoms with Crippen molar-refractivity contribution in [3.8, 4) is 0 Å². The molecule has 23 heavy (non-hydrogen) atoms. The molecule has 2 N–H and O–H groups in total. The smallest absolute Gasteiger partial charge is 0.314 e. The molecule has 0 radical (unpaired) electrons. The molecular weight excluding hydrogens is 318 g/mol. The van der Waals surface area contributed by atoms with Crippen LogP contribution in [-0.4, -0.2) is 26.9 Å². The van der Waals surface area contributed by atoms with E-state index >= 15 is 0 Å². The van der Waals surface area contributed by atoms with Gasteiger partial charge in [-0.25, -0.2) is 4.98 Å². The Morgan fingerprint density at radius 1 is 1.39 bits per heavy atom. The summed E-state index contributed by atoms with van der Waals surface area (Å²) in [6.07, 6.45) is 2.99. The Labute approximate surface area is 136 Å². The van der Waals surface area contributed by atoms with Gasteiger partial charge < -0.3 is 15.2 Å². The number of aromatic nitrogens is 3. The Balaban J connectivity index is 1.69. The van der Waals surface area contributed by atoms with Gasteiger partial charge in [-0.2, -0.15) is 4.98 Å². The first-order chi connectivity index (χ1) is 11.0. The summed E-state index contributed by atoms with van der Waals surface area (Å²) in [7, 11) is 0. The molecule has 0 bridgehead atoms. The van der Waals surface area contributed by atoms with E-state index in [4.69, 9.17) is 4.52 Å². The van der Waals surface area contributed by atoms with Crippen molar-refractivity contribution in [2.45, 2.75) is 45.1 Å². The molecule has 2 aromatic rings. The molecule has 8 nitrogen and oxygen atoms in total.